The van der Waals surface area contributed by atoms with Gasteiger partial charge in [0.05, 0.1) is 39.1 Å². The summed E-state index contributed by atoms with van der Waals surface area (Å²) in [6, 6.07) is 15.4. The van der Waals surface area contributed by atoms with Gasteiger partial charge in [0, 0.05) is 22.5 Å². The van der Waals surface area contributed by atoms with Crippen molar-refractivity contribution >= 4 is 64.6 Å². The van der Waals surface area contributed by atoms with Crippen molar-refractivity contribution in [3.8, 4) is 0 Å². The summed E-state index contributed by atoms with van der Waals surface area (Å²) in [6.07, 6.45) is 0. The van der Waals surface area contributed by atoms with Crippen LogP contribution in [0, 0.1) is 0 Å². The van der Waals surface area contributed by atoms with Crippen LogP contribution in [-0.4, -0.2) is 67.9 Å². The monoisotopic (exact) mass is 637 g/mol. The predicted octanol–water partition coefficient (Wildman–Crippen LogP) is 3.78. The van der Waals surface area contributed by atoms with Gasteiger partial charge in [-0.25, -0.2) is 24.1 Å². The average molecular weight is 638 g/mol. The molecule has 0 atom stereocenters. The SMILES string of the molecule is O=C(Nc1ccc(C(=O)O)c(C(=O)O)c1)c1cccc(N2C(=O)c3ccc(C(=O)Nc4ccc(C(=O)O)c(C(=O)O)c4)cc3C2=O)c1. The van der Waals surface area contributed by atoms with E-state index >= 15 is 0 Å². The highest BCUT2D eigenvalue weighted by Crippen LogP contribution is 2.30. The maximum atomic E-state index is 13.4. The van der Waals surface area contributed by atoms with Crippen molar-refractivity contribution < 1.29 is 58.8 Å². The molecule has 0 bridgehead atoms. The lowest BCUT2D eigenvalue weighted by Gasteiger charge is -2.15. The molecule has 15 heteroatoms. The Morgan fingerprint density at radius 2 is 0.957 bits per heavy atom. The zero-order valence-electron chi connectivity index (χ0n) is 23.5. The molecule has 234 valence electrons. The number of carboxylic acids is 4. The van der Waals surface area contributed by atoms with Gasteiger partial charge in [0.15, 0.2) is 0 Å². The number of hydrogen-bond donors (Lipinski definition) is 6. The molecule has 0 saturated carbocycles. The van der Waals surface area contributed by atoms with Gasteiger partial charge in [-0.15, -0.1) is 0 Å². The Bertz CT molecular complexity index is 2100. The van der Waals surface area contributed by atoms with Gasteiger partial charge >= 0.3 is 23.9 Å². The second-order valence-corrected chi connectivity index (χ2v) is 9.91. The maximum absolute atomic E-state index is 13.4. The Balaban J connectivity index is 1.36. The number of carbonyl (C=O) groups excluding carboxylic acids is 4. The standard InChI is InChI=1S/C32H19N3O12/c36-25(33-16-5-8-20(29(40)41)23(12-16)31(44)45)14-2-1-3-18(10-14)35-27(38)19-7-4-15(11-22(19)28(35)39)26(37)34-17-6-9-21(30(42)43)24(13-17)32(46)47/h1-13H,(H,33,36)(H,34,37)(H,40,41)(H,42,43)(H,44,45)(H,46,47). The lowest BCUT2D eigenvalue weighted by atomic mass is 10.0. The Labute approximate surface area is 262 Å². The molecule has 5 rings (SSSR count). The summed E-state index contributed by atoms with van der Waals surface area (Å²) < 4.78 is 0. The molecule has 0 unspecified atom stereocenters. The largest absolute Gasteiger partial charge is 0.478 e. The Kier molecular flexibility index (Phi) is 8.04. The van der Waals surface area contributed by atoms with E-state index < -0.39 is 69.8 Å². The van der Waals surface area contributed by atoms with Crippen molar-refractivity contribution in [3.63, 3.8) is 0 Å². The van der Waals surface area contributed by atoms with Gasteiger partial charge in [-0.05, 0) is 72.8 Å². The second kappa shape index (κ2) is 12.1. The number of hydrogen-bond acceptors (Lipinski definition) is 8. The van der Waals surface area contributed by atoms with E-state index in [1.807, 2.05) is 0 Å². The zero-order chi connectivity index (χ0) is 34.2. The molecule has 1 aliphatic rings. The predicted molar refractivity (Wildman–Crippen MR) is 161 cm³/mol. The van der Waals surface area contributed by atoms with E-state index in [9.17, 15) is 58.8 Å². The van der Waals surface area contributed by atoms with Crippen LogP contribution in [0.25, 0.3) is 0 Å². The molecule has 6 N–H and O–H groups in total. The van der Waals surface area contributed by atoms with Gasteiger partial charge in [0.1, 0.15) is 0 Å². The fourth-order valence-electron chi connectivity index (χ4n) is 4.78. The Hall–Kier alpha value is -7.16. The second-order valence-electron chi connectivity index (χ2n) is 9.91. The lowest BCUT2D eigenvalue weighted by molar-refractivity contribution is 0.0651. The number of carboxylic acid groups (broad SMARTS) is 4. The highest BCUT2D eigenvalue weighted by molar-refractivity contribution is 6.35. The van der Waals surface area contributed by atoms with Crippen LogP contribution in [0.3, 0.4) is 0 Å². The molecule has 4 aromatic rings. The van der Waals surface area contributed by atoms with E-state index in [2.05, 4.69) is 10.6 Å². The molecule has 0 aliphatic carbocycles. The fourth-order valence-corrected chi connectivity index (χ4v) is 4.78. The minimum Gasteiger partial charge on any atom is -0.478 e. The number of fused-ring (bicyclic) bond motifs is 1. The third-order valence-corrected chi connectivity index (χ3v) is 6.99. The van der Waals surface area contributed by atoms with Crippen LogP contribution in [0.15, 0.2) is 78.9 Å². The first-order valence-electron chi connectivity index (χ1n) is 13.2. The van der Waals surface area contributed by atoms with E-state index in [1.165, 1.54) is 48.5 Å². The highest BCUT2D eigenvalue weighted by Gasteiger charge is 2.37. The van der Waals surface area contributed by atoms with Crippen molar-refractivity contribution in [2.75, 3.05) is 15.5 Å². The first kappa shape index (κ1) is 31.3. The van der Waals surface area contributed by atoms with Crippen LogP contribution in [0.5, 0.6) is 0 Å². The molecule has 1 heterocycles. The van der Waals surface area contributed by atoms with Crippen LogP contribution in [0.4, 0.5) is 17.1 Å². The molecule has 15 nitrogen and oxygen atoms in total. The van der Waals surface area contributed by atoms with Crippen molar-refractivity contribution in [2.24, 2.45) is 0 Å². The molecule has 0 saturated heterocycles. The first-order valence-corrected chi connectivity index (χ1v) is 13.2. The molecule has 4 aromatic carbocycles. The van der Waals surface area contributed by atoms with Gasteiger partial charge in [0.2, 0.25) is 0 Å². The number of nitrogens with zero attached hydrogens (tertiary/aromatic N) is 1. The van der Waals surface area contributed by atoms with Gasteiger partial charge in [0.25, 0.3) is 23.6 Å². The summed E-state index contributed by atoms with van der Waals surface area (Å²) in [5.74, 6) is -9.09. The third-order valence-electron chi connectivity index (χ3n) is 6.99. The summed E-state index contributed by atoms with van der Waals surface area (Å²) in [5.41, 5.74) is -2.42. The minimum atomic E-state index is -1.52. The summed E-state index contributed by atoms with van der Waals surface area (Å²) in [4.78, 5) is 98.9. The highest BCUT2D eigenvalue weighted by atomic mass is 16.4. The Morgan fingerprint density at radius 1 is 0.489 bits per heavy atom. The molecule has 0 fully saturated rings. The van der Waals surface area contributed by atoms with E-state index in [1.54, 1.807) is 0 Å². The van der Waals surface area contributed by atoms with Gasteiger partial charge in [-0.2, -0.15) is 0 Å². The molecule has 1 aliphatic heterocycles. The van der Waals surface area contributed by atoms with Crippen molar-refractivity contribution in [1.82, 2.24) is 0 Å². The average Bonchev–Trinajstić information content (AvgIpc) is 3.29. The topological polar surface area (TPSA) is 245 Å². The number of amides is 4. The van der Waals surface area contributed by atoms with Crippen LogP contribution >= 0.6 is 0 Å². The molecule has 0 radical (unpaired) electrons. The number of imide groups is 1. The summed E-state index contributed by atoms with van der Waals surface area (Å²) in [7, 11) is 0. The molecule has 4 amide bonds. The molecular weight excluding hydrogens is 618 g/mol. The Morgan fingerprint density at radius 3 is 1.45 bits per heavy atom. The number of aromatic carboxylic acids is 4. The molecular formula is C32H19N3O12. The van der Waals surface area contributed by atoms with E-state index in [0.717, 1.165) is 35.2 Å². The van der Waals surface area contributed by atoms with Gasteiger partial charge < -0.3 is 31.1 Å². The van der Waals surface area contributed by atoms with Crippen LogP contribution in [0.1, 0.15) is 82.9 Å². The smallest absolute Gasteiger partial charge is 0.336 e. The number of benzene rings is 4. The van der Waals surface area contributed by atoms with Gasteiger partial charge in [-0.1, -0.05) is 6.07 Å². The summed E-state index contributed by atoms with van der Waals surface area (Å²) in [5, 5.41) is 41.9. The number of anilines is 3. The first-order chi connectivity index (χ1) is 22.3. The number of nitrogens with one attached hydrogen (secondary N) is 2. The van der Waals surface area contributed by atoms with Crippen molar-refractivity contribution in [1.29, 1.82) is 0 Å². The molecule has 0 spiro atoms. The maximum Gasteiger partial charge on any atom is 0.336 e. The van der Waals surface area contributed by atoms with Crippen LogP contribution in [0.2, 0.25) is 0 Å². The van der Waals surface area contributed by atoms with Gasteiger partial charge in [-0.3, -0.25) is 19.2 Å². The number of rotatable bonds is 9. The quantitative estimate of drug-likeness (QED) is 0.144. The van der Waals surface area contributed by atoms with Crippen LogP contribution < -0.4 is 15.5 Å². The normalized spacial score (nSPS) is 11.9. The minimum absolute atomic E-state index is 0.00187. The third kappa shape index (κ3) is 5.99. The molecule has 0 aromatic heterocycles. The van der Waals surface area contributed by atoms with E-state index in [4.69, 9.17) is 0 Å². The number of carbonyl (C=O) groups is 8. The molecule has 47 heavy (non-hydrogen) atoms. The van der Waals surface area contributed by atoms with Crippen molar-refractivity contribution in [3.05, 3.63) is 123 Å². The van der Waals surface area contributed by atoms with Crippen LogP contribution in [-0.2, 0) is 0 Å². The zero-order valence-corrected chi connectivity index (χ0v) is 23.5. The van der Waals surface area contributed by atoms with E-state index in [0.29, 0.717) is 0 Å². The lowest BCUT2D eigenvalue weighted by Crippen LogP contribution is -2.29. The van der Waals surface area contributed by atoms with E-state index in [-0.39, 0.29) is 39.3 Å². The fraction of sp³-hybridized carbons (Fsp3) is 0. The summed E-state index contributed by atoms with van der Waals surface area (Å²) in [6.45, 7) is 0. The van der Waals surface area contributed by atoms with Crippen molar-refractivity contribution in [2.45, 2.75) is 0 Å². The summed E-state index contributed by atoms with van der Waals surface area (Å²) >= 11 is 0.